The largest absolute Gasteiger partial charge is 0.495 e. The third-order valence-corrected chi connectivity index (χ3v) is 3.34. The van der Waals surface area contributed by atoms with Crippen LogP contribution < -0.4 is 10.1 Å². The van der Waals surface area contributed by atoms with Gasteiger partial charge < -0.3 is 10.1 Å². The van der Waals surface area contributed by atoms with Crippen LogP contribution in [0.5, 0.6) is 5.75 Å². The number of anilines is 1. The zero-order chi connectivity index (χ0) is 13.1. The highest BCUT2D eigenvalue weighted by Gasteiger charge is 2.26. The molecule has 0 fully saturated rings. The number of nitrogens with one attached hydrogen (secondary N) is 1. The summed E-state index contributed by atoms with van der Waals surface area (Å²) in [6.45, 7) is 3.56. The lowest BCUT2D eigenvalue weighted by atomic mass is 9.95. The third-order valence-electron chi connectivity index (χ3n) is 2.36. The molecule has 1 N–H and O–H groups in total. The van der Waals surface area contributed by atoms with E-state index in [2.05, 4.69) is 5.32 Å². The van der Waals surface area contributed by atoms with E-state index in [-0.39, 0.29) is 11.8 Å². The van der Waals surface area contributed by atoms with E-state index in [4.69, 9.17) is 27.9 Å². The van der Waals surface area contributed by atoms with E-state index in [0.717, 1.165) is 0 Å². The molecule has 0 unspecified atom stereocenters. The zero-order valence-electron chi connectivity index (χ0n) is 10.0. The highest BCUT2D eigenvalue weighted by Crippen LogP contribution is 2.28. The molecule has 0 aromatic heterocycles. The molecule has 0 aliphatic rings. The fourth-order valence-electron chi connectivity index (χ4n) is 1.10. The van der Waals surface area contributed by atoms with Crippen LogP contribution in [0.4, 0.5) is 5.69 Å². The number of rotatable bonds is 4. The smallest absolute Gasteiger partial charge is 0.231 e. The van der Waals surface area contributed by atoms with Crippen LogP contribution in [0.1, 0.15) is 13.8 Å². The van der Waals surface area contributed by atoms with Crippen molar-refractivity contribution in [3.63, 3.8) is 0 Å². The summed E-state index contributed by atoms with van der Waals surface area (Å²) >= 11 is 11.6. The Morgan fingerprint density at radius 1 is 1.47 bits per heavy atom. The van der Waals surface area contributed by atoms with E-state index in [0.29, 0.717) is 16.5 Å². The van der Waals surface area contributed by atoms with Gasteiger partial charge >= 0.3 is 0 Å². The van der Waals surface area contributed by atoms with Gasteiger partial charge in [0.25, 0.3) is 0 Å². The number of hydrogen-bond donors (Lipinski definition) is 1. The average Bonchev–Trinajstić information content (AvgIpc) is 2.31. The molecule has 1 amide bonds. The topological polar surface area (TPSA) is 38.3 Å². The molecule has 0 saturated heterocycles. The first-order valence-electron chi connectivity index (χ1n) is 5.11. The van der Waals surface area contributed by atoms with Crippen molar-refractivity contribution < 1.29 is 9.53 Å². The first-order valence-corrected chi connectivity index (χ1v) is 6.03. The Kier molecular flexibility index (Phi) is 4.66. The Bertz CT molecular complexity index is 419. The second-order valence-electron chi connectivity index (χ2n) is 4.32. The maximum absolute atomic E-state index is 11.9. The van der Waals surface area contributed by atoms with Crippen LogP contribution in [0.25, 0.3) is 0 Å². The SMILES string of the molecule is COc1cc(NC(=O)C(C)(C)CCl)ccc1Cl. The molecule has 0 bridgehead atoms. The molecule has 0 radical (unpaired) electrons. The van der Waals surface area contributed by atoms with E-state index in [9.17, 15) is 4.79 Å². The van der Waals surface area contributed by atoms with Crippen LogP contribution in [-0.4, -0.2) is 18.9 Å². The molecule has 94 valence electrons. The summed E-state index contributed by atoms with van der Waals surface area (Å²) < 4.78 is 5.07. The lowest BCUT2D eigenvalue weighted by Gasteiger charge is -2.20. The summed E-state index contributed by atoms with van der Waals surface area (Å²) in [5.41, 5.74) is 0.0171. The molecular formula is C12H15Cl2NO2. The molecule has 0 aliphatic heterocycles. The van der Waals surface area contributed by atoms with Crippen molar-refractivity contribution in [1.82, 2.24) is 0 Å². The minimum Gasteiger partial charge on any atom is -0.495 e. The van der Waals surface area contributed by atoms with Crippen LogP contribution in [0.2, 0.25) is 5.02 Å². The summed E-state index contributed by atoms with van der Waals surface area (Å²) in [6.07, 6.45) is 0. The van der Waals surface area contributed by atoms with Crippen LogP contribution in [0.3, 0.4) is 0 Å². The zero-order valence-corrected chi connectivity index (χ0v) is 11.5. The number of halogens is 2. The quantitative estimate of drug-likeness (QED) is 0.854. The van der Waals surface area contributed by atoms with E-state index < -0.39 is 5.41 Å². The molecule has 0 heterocycles. The number of benzene rings is 1. The summed E-state index contributed by atoms with van der Waals surface area (Å²) in [6, 6.07) is 5.06. The number of alkyl halides is 1. The Hall–Kier alpha value is -0.930. The van der Waals surface area contributed by atoms with Crippen molar-refractivity contribution in [2.75, 3.05) is 18.3 Å². The van der Waals surface area contributed by atoms with Gasteiger partial charge in [-0.25, -0.2) is 0 Å². The van der Waals surface area contributed by atoms with E-state index in [1.807, 2.05) is 0 Å². The van der Waals surface area contributed by atoms with Crippen molar-refractivity contribution in [2.45, 2.75) is 13.8 Å². The number of amides is 1. The maximum atomic E-state index is 11.9. The average molecular weight is 276 g/mol. The molecular weight excluding hydrogens is 261 g/mol. The van der Waals surface area contributed by atoms with Gasteiger partial charge in [-0.05, 0) is 26.0 Å². The molecule has 1 aromatic carbocycles. The van der Waals surface area contributed by atoms with Gasteiger partial charge in [0.1, 0.15) is 5.75 Å². The van der Waals surface area contributed by atoms with Crippen molar-refractivity contribution >= 4 is 34.8 Å². The van der Waals surface area contributed by atoms with Gasteiger partial charge in [-0.1, -0.05) is 11.6 Å². The van der Waals surface area contributed by atoms with Gasteiger partial charge in [0.05, 0.1) is 17.5 Å². The number of methoxy groups -OCH3 is 1. The minimum absolute atomic E-state index is 0.142. The van der Waals surface area contributed by atoms with Gasteiger partial charge in [0.15, 0.2) is 0 Å². The number of carbonyl (C=O) groups is 1. The van der Waals surface area contributed by atoms with Gasteiger partial charge in [0, 0.05) is 17.6 Å². The highest BCUT2D eigenvalue weighted by molar-refractivity contribution is 6.32. The first-order chi connectivity index (χ1) is 7.90. The molecule has 5 heteroatoms. The summed E-state index contributed by atoms with van der Waals surface area (Å²) in [5, 5.41) is 3.27. The molecule has 0 aliphatic carbocycles. The molecule has 17 heavy (non-hydrogen) atoms. The fourth-order valence-corrected chi connectivity index (χ4v) is 1.41. The number of ether oxygens (including phenoxy) is 1. The normalized spacial score (nSPS) is 11.1. The summed E-state index contributed by atoms with van der Waals surface area (Å²) in [4.78, 5) is 11.9. The Balaban J connectivity index is 2.86. The van der Waals surface area contributed by atoms with Gasteiger partial charge in [0.2, 0.25) is 5.91 Å². The second-order valence-corrected chi connectivity index (χ2v) is 5.00. The van der Waals surface area contributed by atoms with Crippen molar-refractivity contribution in [1.29, 1.82) is 0 Å². The standard InChI is InChI=1S/C12H15Cl2NO2/c1-12(2,7-13)11(16)15-8-4-5-9(14)10(6-8)17-3/h4-6H,7H2,1-3H3,(H,15,16). The number of carbonyl (C=O) groups excluding carboxylic acids is 1. The molecule has 1 rings (SSSR count). The fraction of sp³-hybridized carbons (Fsp3) is 0.417. The predicted octanol–water partition coefficient (Wildman–Crippen LogP) is 3.55. The van der Waals surface area contributed by atoms with Gasteiger partial charge in [-0.2, -0.15) is 0 Å². The first kappa shape index (κ1) is 14.1. The van der Waals surface area contributed by atoms with Crippen LogP contribution in [0.15, 0.2) is 18.2 Å². The lowest BCUT2D eigenvalue weighted by Crippen LogP contribution is -2.32. The Labute approximate surface area is 111 Å². The summed E-state index contributed by atoms with van der Waals surface area (Å²) in [5.74, 6) is 0.633. The number of hydrogen-bond acceptors (Lipinski definition) is 2. The van der Waals surface area contributed by atoms with Gasteiger partial charge in [-0.3, -0.25) is 4.79 Å². The van der Waals surface area contributed by atoms with Crippen LogP contribution in [0, 0.1) is 5.41 Å². The molecule has 0 spiro atoms. The maximum Gasteiger partial charge on any atom is 0.231 e. The van der Waals surface area contributed by atoms with Crippen LogP contribution >= 0.6 is 23.2 Å². The molecule has 0 saturated carbocycles. The van der Waals surface area contributed by atoms with Crippen LogP contribution in [-0.2, 0) is 4.79 Å². The molecule has 3 nitrogen and oxygen atoms in total. The minimum atomic E-state index is -0.617. The van der Waals surface area contributed by atoms with Gasteiger partial charge in [-0.15, -0.1) is 11.6 Å². The Morgan fingerprint density at radius 2 is 2.12 bits per heavy atom. The highest BCUT2D eigenvalue weighted by atomic mass is 35.5. The predicted molar refractivity (Wildman–Crippen MR) is 71.1 cm³/mol. The second kappa shape index (κ2) is 5.61. The van der Waals surface area contributed by atoms with E-state index in [1.165, 1.54) is 7.11 Å². The monoisotopic (exact) mass is 275 g/mol. The van der Waals surface area contributed by atoms with Crippen molar-refractivity contribution in [3.05, 3.63) is 23.2 Å². The molecule has 1 aromatic rings. The van der Waals surface area contributed by atoms with Crippen molar-refractivity contribution in [3.8, 4) is 5.75 Å². The summed E-state index contributed by atoms with van der Waals surface area (Å²) in [7, 11) is 1.52. The van der Waals surface area contributed by atoms with Crippen molar-refractivity contribution in [2.24, 2.45) is 5.41 Å². The third kappa shape index (κ3) is 3.51. The Morgan fingerprint density at radius 3 is 2.65 bits per heavy atom. The lowest BCUT2D eigenvalue weighted by molar-refractivity contribution is -0.122. The van der Waals surface area contributed by atoms with E-state index in [1.54, 1.807) is 32.0 Å². The van der Waals surface area contributed by atoms with E-state index >= 15 is 0 Å². The molecule has 0 atom stereocenters.